The van der Waals surface area contributed by atoms with Crippen molar-refractivity contribution in [2.45, 2.75) is 139 Å². The fourth-order valence-corrected chi connectivity index (χ4v) is 18.2. The summed E-state index contributed by atoms with van der Waals surface area (Å²) in [7, 11) is 4.20. The molecule has 0 radical (unpaired) electrons. The van der Waals surface area contributed by atoms with Crippen molar-refractivity contribution in [3.05, 3.63) is 226 Å². The Hall–Kier alpha value is -12.7. The first-order valence-electron chi connectivity index (χ1n) is 41.3. The van der Waals surface area contributed by atoms with Gasteiger partial charge in [-0.15, -0.1) is 6.42 Å². The predicted octanol–water partition coefficient (Wildman–Crippen LogP) is 14.0. The number of carbonyl (C=O) groups excluding carboxylic acids is 6. The number of nitrogens with zero attached hydrogens (tertiary/aromatic N) is 10. The number of piperidine rings is 4. The van der Waals surface area contributed by atoms with E-state index < -0.39 is 23.9 Å². The lowest BCUT2D eigenvalue weighted by Crippen LogP contribution is -2.52. The van der Waals surface area contributed by atoms with E-state index in [1.165, 1.54) is 57.3 Å². The first kappa shape index (κ1) is 79.4. The molecule has 8 aliphatic rings. The number of carbonyl (C=O) groups is 6. The minimum Gasteiger partial charge on any atom is -0.481 e. The molecule has 25 heteroatoms. The molecule has 2 saturated carbocycles. The topological polar surface area (TPSA) is 256 Å². The van der Waals surface area contributed by atoms with Gasteiger partial charge in [0.15, 0.2) is 0 Å². The summed E-state index contributed by atoms with van der Waals surface area (Å²) in [5.74, 6) is 9.41. The van der Waals surface area contributed by atoms with E-state index in [1.54, 1.807) is 30.3 Å². The number of benzene rings is 6. The van der Waals surface area contributed by atoms with Crippen molar-refractivity contribution in [3.63, 3.8) is 0 Å². The number of halogens is 1. The van der Waals surface area contributed by atoms with Gasteiger partial charge in [0.25, 0.3) is 11.8 Å². The van der Waals surface area contributed by atoms with Gasteiger partial charge < -0.3 is 57.2 Å². The number of terminal acetylenes is 1. The fraction of sp³-hybridized carbons (Fsp3) is 0.312. The molecule has 6 aromatic carbocycles. The summed E-state index contributed by atoms with van der Waals surface area (Å²) in [6.45, 7) is 4.91. The van der Waals surface area contributed by atoms with Crippen molar-refractivity contribution in [2.24, 2.45) is 14.1 Å². The minimum atomic E-state index is -0.645. The van der Waals surface area contributed by atoms with Crippen LogP contribution in [0.15, 0.2) is 195 Å². The average Bonchev–Trinajstić information content (AvgIpc) is 1.61. The Morgan fingerprint density at radius 2 is 0.934 bits per heavy atom. The lowest BCUT2D eigenvalue weighted by atomic mass is 9.91. The summed E-state index contributed by atoms with van der Waals surface area (Å²) in [5.41, 5.74) is 15.2. The molecule has 6 amide bonds. The summed E-state index contributed by atoms with van der Waals surface area (Å²) in [6, 6.07) is 51.5. The lowest BCUT2D eigenvalue weighted by molar-refractivity contribution is -0.138. The highest BCUT2D eigenvalue weighted by atomic mass is 127. The normalized spacial score (nSPS) is 20.2. The molecule has 20 rings (SSSR count). The number of rotatable bonds is 18. The zero-order valence-electron chi connectivity index (χ0n) is 67.1. The maximum atomic E-state index is 13.0. The number of aryl methyl sites for hydroxylation is 2. The second kappa shape index (κ2) is 34.9. The highest BCUT2D eigenvalue weighted by Gasteiger charge is 2.42. The summed E-state index contributed by atoms with van der Waals surface area (Å²) in [5, 5.41) is 9.36. The Bertz CT molecular complexity index is 6110. The monoisotopic (exact) mass is 1730 g/mol. The molecule has 0 bridgehead atoms. The number of amides is 6. The Kier molecular flexibility index (Phi) is 22.9. The van der Waals surface area contributed by atoms with Crippen molar-refractivity contribution in [1.82, 2.24) is 49.5 Å². The van der Waals surface area contributed by atoms with Crippen LogP contribution in [0.4, 0.5) is 11.4 Å². The minimum absolute atomic E-state index is 0.111. The van der Waals surface area contributed by atoms with Gasteiger partial charge in [0.2, 0.25) is 35.4 Å². The summed E-state index contributed by atoms with van der Waals surface area (Å²) < 4.78 is 42.3. The van der Waals surface area contributed by atoms with Gasteiger partial charge in [0.1, 0.15) is 49.0 Å². The number of aromatic nitrogens is 6. The average molecular weight is 1730 g/mol. The summed E-state index contributed by atoms with van der Waals surface area (Å²) >= 11 is 2.38. The molecule has 2 aliphatic carbocycles. The van der Waals surface area contributed by atoms with Crippen molar-refractivity contribution in [1.29, 1.82) is 0 Å². The molecule has 2 atom stereocenters. The Labute approximate surface area is 713 Å². The van der Waals surface area contributed by atoms with Gasteiger partial charge in [-0.2, -0.15) is 0 Å². The molecule has 2 N–H and O–H groups in total. The highest BCUT2D eigenvalue weighted by molar-refractivity contribution is 14.1. The summed E-state index contributed by atoms with van der Waals surface area (Å²) in [6.07, 6.45) is 26.7. The number of anilines is 2. The van der Waals surface area contributed by atoms with E-state index in [4.69, 9.17) is 34.8 Å². The van der Waals surface area contributed by atoms with Crippen LogP contribution in [0.2, 0.25) is 0 Å². The van der Waals surface area contributed by atoms with Crippen LogP contribution in [0.3, 0.4) is 0 Å². The van der Waals surface area contributed by atoms with Gasteiger partial charge >= 0.3 is 0 Å². The second-order valence-electron chi connectivity index (χ2n) is 32.0. The number of nitrogens with one attached hydrogen (secondary N) is 2. The molecule has 2 unspecified atom stereocenters. The smallest absolute Gasteiger partial charge is 0.255 e. The number of imide groups is 2. The first-order valence-corrected chi connectivity index (χ1v) is 42.4. The van der Waals surface area contributed by atoms with Gasteiger partial charge in [-0.05, 0) is 193 Å². The van der Waals surface area contributed by atoms with Crippen LogP contribution in [0.25, 0.3) is 65.9 Å². The third-order valence-electron chi connectivity index (χ3n) is 24.3. The molecular formula is C96H89IN12O12. The highest BCUT2D eigenvalue weighted by Crippen LogP contribution is 2.39. The predicted molar refractivity (Wildman–Crippen MR) is 468 cm³/mol. The Morgan fingerprint density at radius 1 is 0.463 bits per heavy atom. The standard InChI is InChI=1S/C48H44N6O6.C32H31IN4O2.C16H14N2O4/c1-52-42-15-18-49-28-41(42)40-10-7-31(24-44(40)52)32-8-14-46(50-27-32)60-38-25-37(26-38)59-35-16-19-53(20-17-35)34-6-2-4-30(22-34)5-3-21-58-36-9-11-39-33(23-36)29-54(48(39)57)43-12-13-45(55)51-47(43)56;1-36-30-9-12-34-20-29(30)28-7-5-21(15-31(28)36)22-6-8-32(35-19-22)39-27-17-26(18-27)38-25-10-13-37(14-11-25)24-4-2-3-23(33)16-24;1-2-7-22-11-3-4-12-10(8-11)9-18(16(12)21)13-5-6-14(19)17-15(13)20/h2,4,6-11,14-15,18,22-24,27-28,35,37-38,43H,12-13,16-17,19-21,25-26,29H2,1H3,(H,51,55,56);2-9,12,15-16,19-20,25-27H,10-11,13-14,17-18H2,1H3;1,3-4,8,13H,5-7,9H2,(H,17,19,20). The van der Waals surface area contributed by atoms with Gasteiger partial charge in [0.05, 0.1) is 35.4 Å². The molecule has 0 spiro atoms. The van der Waals surface area contributed by atoms with Crippen molar-refractivity contribution < 1.29 is 57.2 Å². The Morgan fingerprint density at radius 3 is 1.40 bits per heavy atom. The zero-order valence-corrected chi connectivity index (χ0v) is 69.2. The lowest BCUT2D eigenvalue weighted by Gasteiger charge is -2.40. The van der Waals surface area contributed by atoms with E-state index in [0.717, 1.165) is 128 Å². The van der Waals surface area contributed by atoms with Gasteiger partial charge in [-0.25, -0.2) is 9.97 Å². The van der Waals surface area contributed by atoms with Crippen LogP contribution in [-0.4, -0.2) is 162 Å². The van der Waals surface area contributed by atoms with Gasteiger partial charge in [-0.3, -0.25) is 49.4 Å². The fourth-order valence-electron chi connectivity index (χ4n) is 17.7. The SMILES string of the molecule is C#CCOc1ccc2c(c1)CN(C1CCC(=O)NC1=O)C2=O.Cn1c2ccncc2c2ccc(-c3ccc(OC4CC(OC5CCN(c6cccc(C#CCOc7ccc8c(c7)CN(C7CCC(=O)NC7=O)C8=O)c6)CC5)C4)nc3)cc21.Cn1c2ccncc2c2ccc(-c3ccc(OC4CC(OC5CCN(c6cccc(I)c6)CC5)C4)nc3)cc21. The van der Waals surface area contributed by atoms with Gasteiger partial charge in [0, 0.05) is 217 Å². The molecular weight excluding hydrogens is 1640 g/mol. The van der Waals surface area contributed by atoms with Gasteiger partial charge in [-0.1, -0.05) is 54.2 Å². The van der Waals surface area contributed by atoms with E-state index in [0.29, 0.717) is 72.5 Å². The molecule has 6 aromatic heterocycles. The Balaban J connectivity index is 0.000000140. The molecule has 12 aromatic rings. The van der Waals surface area contributed by atoms with Crippen LogP contribution in [-0.2, 0) is 55.8 Å². The first-order chi connectivity index (χ1) is 59.0. The van der Waals surface area contributed by atoms with Crippen molar-refractivity contribution in [3.8, 4) is 69.7 Å². The quantitative estimate of drug-likeness (QED) is 0.0460. The third-order valence-corrected chi connectivity index (χ3v) is 25.0. The number of hydrogen-bond donors (Lipinski definition) is 2. The van der Waals surface area contributed by atoms with Crippen molar-refractivity contribution in [2.75, 3.05) is 49.2 Å². The van der Waals surface area contributed by atoms with E-state index in [2.05, 4.69) is 201 Å². The van der Waals surface area contributed by atoms with Crippen LogP contribution < -0.4 is 39.4 Å². The summed E-state index contributed by atoms with van der Waals surface area (Å²) in [4.78, 5) is 98.3. The third kappa shape index (κ3) is 17.3. The number of pyridine rings is 4. The number of hydrogen-bond acceptors (Lipinski definition) is 18. The van der Waals surface area contributed by atoms with Crippen LogP contribution in [0, 0.1) is 27.8 Å². The number of ether oxygens (including phenoxy) is 6. The second-order valence-corrected chi connectivity index (χ2v) is 33.2. The number of fused-ring (bicyclic) bond motifs is 8. The molecule has 121 heavy (non-hydrogen) atoms. The maximum absolute atomic E-state index is 13.0. The van der Waals surface area contributed by atoms with Crippen LogP contribution in [0.1, 0.15) is 114 Å². The largest absolute Gasteiger partial charge is 0.481 e. The van der Waals surface area contributed by atoms with Crippen LogP contribution >= 0.6 is 22.6 Å². The maximum Gasteiger partial charge on any atom is 0.255 e. The van der Waals surface area contributed by atoms with E-state index in [1.807, 2.05) is 67.5 Å². The molecule has 24 nitrogen and oxygen atoms in total. The molecule has 612 valence electrons. The van der Waals surface area contributed by atoms with Crippen molar-refractivity contribution >= 4 is 113 Å². The van der Waals surface area contributed by atoms with E-state index >= 15 is 0 Å². The zero-order chi connectivity index (χ0) is 82.8. The molecule has 6 fully saturated rings. The molecule has 4 saturated heterocycles. The van der Waals surface area contributed by atoms with E-state index in [9.17, 15) is 28.8 Å². The molecule has 6 aliphatic heterocycles. The van der Waals surface area contributed by atoms with Crippen LogP contribution in [0.5, 0.6) is 23.3 Å². The molecule has 12 heterocycles. The van der Waals surface area contributed by atoms with E-state index in [-0.39, 0.29) is 74.1 Å².